The lowest BCUT2D eigenvalue weighted by Crippen LogP contribution is -2.37. The third-order valence-electron chi connectivity index (χ3n) is 2.55. The summed E-state index contributed by atoms with van der Waals surface area (Å²) >= 11 is 0. The van der Waals surface area contributed by atoms with Crippen molar-refractivity contribution in [2.75, 3.05) is 5.32 Å². The van der Waals surface area contributed by atoms with Gasteiger partial charge in [0.15, 0.2) is 0 Å². The van der Waals surface area contributed by atoms with Gasteiger partial charge in [-0.05, 0) is 30.5 Å². The van der Waals surface area contributed by atoms with Gasteiger partial charge in [-0.1, -0.05) is 13.8 Å². The maximum absolute atomic E-state index is 11.8. The molecule has 0 spiro atoms. The van der Waals surface area contributed by atoms with Crippen molar-refractivity contribution in [3.05, 3.63) is 23.8 Å². The van der Waals surface area contributed by atoms with Crippen molar-refractivity contribution in [2.24, 2.45) is 11.7 Å². The van der Waals surface area contributed by atoms with E-state index in [1.165, 1.54) is 12.1 Å². The van der Waals surface area contributed by atoms with Gasteiger partial charge < -0.3 is 21.3 Å². The van der Waals surface area contributed by atoms with Crippen LogP contribution in [-0.4, -0.2) is 28.1 Å². The molecule has 1 atom stereocenters. The van der Waals surface area contributed by atoms with Crippen molar-refractivity contribution in [3.8, 4) is 5.75 Å². The summed E-state index contributed by atoms with van der Waals surface area (Å²) in [5.41, 5.74) is 5.66. The standard InChI is InChI=1S/C13H18N2O4/c1-7(2)5-10(14)12(17)15-11-4-3-8(16)6-9(11)13(18)19/h3-4,6-7,10,16H,5,14H2,1-2H3,(H,15,17)(H,18,19)/t10-/m0/s1. The molecule has 0 saturated heterocycles. The zero-order valence-corrected chi connectivity index (χ0v) is 10.9. The van der Waals surface area contributed by atoms with E-state index in [0.717, 1.165) is 6.07 Å². The minimum absolute atomic E-state index is 0.120. The summed E-state index contributed by atoms with van der Waals surface area (Å²) in [7, 11) is 0. The zero-order valence-electron chi connectivity index (χ0n) is 10.9. The average molecular weight is 266 g/mol. The Morgan fingerprint density at radius 3 is 2.53 bits per heavy atom. The topological polar surface area (TPSA) is 113 Å². The van der Waals surface area contributed by atoms with Crippen molar-refractivity contribution >= 4 is 17.6 Å². The number of phenols is 1. The van der Waals surface area contributed by atoms with Gasteiger partial charge in [0, 0.05) is 0 Å². The van der Waals surface area contributed by atoms with Crippen molar-refractivity contribution in [1.29, 1.82) is 0 Å². The minimum Gasteiger partial charge on any atom is -0.508 e. The van der Waals surface area contributed by atoms with Crippen molar-refractivity contribution in [3.63, 3.8) is 0 Å². The van der Waals surface area contributed by atoms with Crippen LogP contribution in [0.15, 0.2) is 18.2 Å². The monoisotopic (exact) mass is 266 g/mol. The molecule has 0 fully saturated rings. The summed E-state index contributed by atoms with van der Waals surface area (Å²) in [5.74, 6) is -1.59. The van der Waals surface area contributed by atoms with Gasteiger partial charge in [0.25, 0.3) is 0 Å². The second-order valence-corrected chi connectivity index (χ2v) is 4.76. The van der Waals surface area contributed by atoms with Crippen LogP contribution in [0.4, 0.5) is 5.69 Å². The Hall–Kier alpha value is -2.08. The molecule has 0 saturated carbocycles. The predicted molar refractivity (Wildman–Crippen MR) is 71.1 cm³/mol. The highest BCUT2D eigenvalue weighted by atomic mass is 16.4. The number of hydrogen-bond donors (Lipinski definition) is 4. The number of aromatic hydroxyl groups is 1. The van der Waals surface area contributed by atoms with Gasteiger partial charge >= 0.3 is 5.97 Å². The molecule has 6 nitrogen and oxygen atoms in total. The SMILES string of the molecule is CC(C)C[C@H](N)C(=O)Nc1ccc(O)cc1C(=O)O. The van der Waals surface area contributed by atoms with Crippen LogP contribution in [0.5, 0.6) is 5.75 Å². The minimum atomic E-state index is -1.23. The number of hydrogen-bond acceptors (Lipinski definition) is 4. The molecular weight excluding hydrogens is 248 g/mol. The van der Waals surface area contributed by atoms with Gasteiger partial charge in [0.2, 0.25) is 5.91 Å². The fraction of sp³-hybridized carbons (Fsp3) is 0.385. The number of phenolic OH excluding ortho intramolecular Hbond substituents is 1. The third kappa shape index (κ3) is 4.26. The largest absolute Gasteiger partial charge is 0.508 e. The zero-order chi connectivity index (χ0) is 14.6. The molecule has 0 unspecified atom stereocenters. The number of benzene rings is 1. The predicted octanol–water partition coefficient (Wildman–Crippen LogP) is 1.40. The van der Waals surface area contributed by atoms with E-state index in [2.05, 4.69) is 5.32 Å². The first-order chi connectivity index (χ1) is 8.81. The number of carboxylic acids is 1. The number of aromatic carboxylic acids is 1. The Kier molecular flexibility index (Phi) is 4.88. The quantitative estimate of drug-likeness (QED) is 0.602. The normalized spacial score (nSPS) is 12.2. The maximum Gasteiger partial charge on any atom is 0.337 e. The Balaban J connectivity index is 2.87. The molecule has 0 radical (unpaired) electrons. The Bertz CT molecular complexity index is 486. The second-order valence-electron chi connectivity index (χ2n) is 4.76. The van der Waals surface area contributed by atoms with Crippen LogP contribution >= 0.6 is 0 Å². The molecule has 1 rings (SSSR count). The molecule has 6 heteroatoms. The van der Waals surface area contributed by atoms with Crippen LogP contribution in [0, 0.1) is 5.92 Å². The van der Waals surface area contributed by atoms with Crippen LogP contribution < -0.4 is 11.1 Å². The van der Waals surface area contributed by atoms with Crippen LogP contribution in [0.3, 0.4) is 0 Å². The van der Waals surface area contributed by atoms with Gasteiger partial charge in [0.05, 0.1) is 17.3 Å². The molecule has 1 aromatic rings. The van der Waals surface area contributed by atoms with Crippen LogP contribution in [0.1, 0.15) is 30.6 Å². The summed E-state index contributed by atoms with van der Waals surface area (Å²) in [6, 6.07) is 3.01. The molecule has 0 bridgehead atoms. The third-order valence-corrected chi connectivity index (χ3v) is 2.55. The Morgan fingerprint density at radius 1 is 1.37 bits per heavy atom. The number of nitrogens with two attached hydrogens (primary N) is 1. The molecule has 1 amide bonds. The molecular formula is C13H18N2O4. The van der Waals surface area contributed by atoms with Gasteiger partial charge in [0.1, 0.15) is 5.75 Å². The highest BCUT2D eigenvalue weighted by Gasteiger charge is 2.18. The lowest BCUT2D eigenvalue weighted by molar-refractivity contribution is -0.117. The number of carbonyl (C=O) groups excluding carboxylic acids is 1. The molecule has 0 heterocycles. The van der Waals surface area contributed by atoms with E-state index in [9.17, 15) is 14.7 Å². The highest BCUT2D eigenvalue weighted by Crippen LogP contribution is 2.21. The molecule has 0 aliphatic rings. The smallest absolute Gasteiger partial charge is 0.337 e. The van der Waals surface area contributed by atoms with Gasteiger partial charge in [-0.25, -0.2) is 4.79 Å². The molecule has 19 heavy (non-hydrogen) atoms. The number of amides is 1. The fourth-order valence-corrected chi connectivity index (χ4v) is 1.66. The molecule has 0 aliphatic heterocycles. The molecule has 0 aliphatic carbocycles. The molecule has 104 valence electrons. The summed E-state index contributed by atoms with van der Waals surface area (Å²) in [6.45, 7) is 3.88. The number of rotatable bonds is 5. The fourth-order valence-electron chi connectivity index (χ4n) is 1.66. The Labute approximate surface area is 111 Å². The number of carboxylic acid groups (broad SMARTS) is 1. The van der Waals surface area contributed by atoms with E-state index in [1.54, 1.807) is 0 Å². The Morgan fingerprint density at radius 2 is 2.00 bits per heavy atom. The van der Waals surface area contributed by atoms with Crippen LogP contribution in [0.2, 0.25) is 0 Å². The van der Waals surface area contributed by atoms with E-state index < -0.39 is 17.9 Å². The lowest BCUT2D eigenvalue weighted by atomic mass is 10.0. The second kappa shape index (κ2) is 6.19. The van der Waals surface area contributed by atoms with Crippen molar-refractivity contribution in [2.45, 2.75) is 26.3 Å². The van der Waals surface area contributed by atoms with E-state index in [1.807, 2.05) is 13.8 Å². The maximum atomic E-state index is 11.8. The van der Waals surface area contributed by atoms with E-state index in [4.69, 9.17) is 10.8 Å². The number of nitrogens with one attached hydrogen (secondary N) is 1. The van der Waals surface area contributed by atoms with E-state index >= 15 is 0 Å². The van der Waals surface area contributed by atoms with Crippen molar-refractivity contribution in [1.82, 2.24) is 0 Å². The number of anilines is 1. The van der Waals surface area contributed by atoms with E-state index in [0.29, 0.717) is 6.42 Å². The molecule has 0 aromatic heterocycles. The summed E-state index contributed by atoms with van der Waals surface area (Å²) in [4.78, 5) is 22.8. The highest BCUT2D eigenvalue weighted by molar-refractivity contribution is 6.02. The summed E-state index contributed by atoms with van der Waals surface area (Å²) < 4.78 is 0. The summed E-state index contributed by atoms with van der Waals surface area (Å²) in [5, 5.41) is 20.7. The first kappa shape index (κ1) is 15.0. The lowest BCUT2D eigenvalue weighted by Gasteiger charge is -2.15. The first-order valence-corrected chi connectivity index (χ1v) is 5.94. The van der Waals surface area contributed by atoms with Gasteiger partial charge in [-0.15, -0.1) is 0 Å². The van der Waals surface area contributed by atoms with Crippen LogP contribution in [0.25, 0.3) is 0 Å². The van der Waals surface area contributed by atoms with Crippen LogP contribution in [-0.2, 0) is 4.79 Å². The summed E-state index contributed by atoms with van der Waals surface area (Å²) in [6.07, 6.45) is 0.506. The average Bonchev–Trinajstić information content (AvgIpc) is 2.30. The molecule has 5 N–H and O–H groups in total. The van der Waals surface area contributed by atoms with Crippen molar-refractivity contribution < 1.29 is 19.8 Å². The van der Waals surface area contributed by atoms with Gasteiger partial charge in [-0.3, -0.25) is 4.79 Å². The van der Waals surface area contributed by atoms with Gasteiger partial charge in [-0.2, -0.15) is 0 Å². The molecule has 1 aromatic carbocycles. The van der Waals surface area contributed by atoms with E-state index in [-0.39, 0.29) is 22.9 Å². The first-order valence-electron chi connectivity index (χ1n) is 5.94. The number of carbonyl (C=O) groups is 2.